The highest BCUT2D eigenvalue weighted by atomic mass is 127. The van der Waals surface area contributed by atoms with E-state index in [1.807, 2.05) is 45.0 Å². The lowest BCUT2D eigenvalue weighted by Gasteiger charge is -2.18. The van der Waals surface area contributed by atoms with Crippen molar-refractivity contribution in [1.82, 2.24) is 16.0 Å². The van der Waals surface area contributed by atoms with Crippen molar-refractivity contribution in [3.05, 3.63) is 29.8 Å². The number of aryl methyl sites for hydroxylation is 1. The Labute approximate surface area is 168 Å². The van der Waals surface area contributed by atoms with Gasteiger partial charge in [-0.1, -0.05) is 19.1 Å². The van der Waals surface area contributed by atoms with Gasteiger partial charge in [0, 0.05) is 26.6 Å². The van der Waals surface area contributed by atoms with Crippen molar-refractivity contribution in [3.63, 3.8) is 0 Å². The minimum Gasteiger partial charge on any atom is -0.489 e. The highest BCUT2D eigenvalue weighted by Crippen LogP contribution is 2.13. The van der Waals surface area contributed by atoms with E-state index in [1.165, 1.54) is 5.56 Å². The van der Waals surface area contributed by atoms with Crippen molar-refractivity contribution >= 4 is 35.8 Å². The van der Waals surface area contributed by atoms with Crippen molar-refractivity contribution in [2.75, 3.05) is 26.7 Å². The van der Waals surface area contributed by atoms with Gasteiger partial charge in [0.1, 0.15) is 11.9 Å². The van der Waals surface area contributed by atoms with Crippen LogP contribution < -0.4 is 20.7 Å². The summed E-state index contributed by atoms with van der Waals surface area (Å²) in [5, 5.41) is 9.18. The van der Waals surface area contributed by atoms with Crippen LogP contribution in [-0.2, 0) is 4.79 Å². The minimum atomic E-state index is -0.00166. The second-order valence-electron chi connectivity index (χ2n) is 5.72. The van der Waals surface area contributed by atoms with E-state index >= 15 is 0 Å². The molecule has 6 nitrogen and oxygen atoms in total. The third-order valence-corrected chi connectivity index (χ3v) is 3.32. The Morgan fingerprint density at radius 1 is 1.24 bits per heavy atom. The number of carbonyl (C=O) groups is 1. The molecule has 7 heteroatoms. The summed E-state index contributed by atoms with van der Waals surface area (Å²) in [4.78, 5) is 15.7. The number of nitrogens with zero attached hydrogens (tertiary/aromatic N) is 1. The molecule has 1 unspecified atom stereocenters. The Kier molecular flexibility index (Phi) is 12.9. The van der Waals surface area contributed by atoms with Gasteiger partial charge in [0.25, 0.3) is 0 Å². The van der Waals surface area contributed by atoms with Gasteiger partial charge in [-0.2, -0.15) is 0 Å². The highest BCUT2D eigenvalue weighted by molar-refractivity contribution is 14.0. The van der Waals surface area contributed by atoms with Crippen LogP contribution in [0.4, 0.5) is 0 Å². The highest BCUT2D eigenvalue weighted by Gasteiger charge is 2.06. The molecule has 25 heavy (non-hydrogen) atoms. The number of amides is 1. The van der Waals surface area contributed by atoms with Gasteiger partial charge < -0.3 is 20.7 Å². The van der Waals surface area contributed by atoms with E-state index in [1.54, 1.807) is 7.05 Å². The molecule has 1 aromatic rings. The number of hydrogen-bond acceptors (Lipinski definition) is 3. The van der Waals surface area contributed by atoms with Gasteiger partial charge in [-0.25, -0.2) is 0 Å². The molecule has 0 saturated heterocycles. The number of benzene rings is 1. The summed E-state index contributed by atoms with van der Waals surface area (Å²) in [7, 11) is 1.71. The number of halogens is 1. The molecule has 0 aromatic heterocycles. The average molecular weight is 462 g/mol. The van der Waals surface area contributed by atoms with Crippen molar-refractivity contribution < 1.29 is 9.53 Å². The van der Waals surface area contributed by atoms with Crippen molar-refractivity contribution in [1.29, 1.82) is 0 Å². The summed E-state index contributed by atoms with van der Waals surface area (Å²) < 4.78 is 5.87. The smallest absolute Gasteiger partial charge is 0.221 e. The van der Waals surface area contributed by atoms with Crippen LogP contribution in [0, 0.1) is 6.92 Å². The maximum Gasteiger partial charge on any atom is 0.221 e. The summed E-state index contributed by atoms with van der Waals surface area (Å²) in [6, 6.07) is 7.98. The van der Waals surface area contributed by atoms with Gasteiger partial charge in [0.15, 0.2) is 5.96 Å². The monoisotopic (exact) mass is 462 g/mol. The molecule has 3 N–H and O–H groups in total. The summed E-state index contributed by atoms with van der Waals surface area (Å²) in [5.41, 5.74) is 1.17. The van der Waals surface area contributed by atoms with Crippen LogP contribution in [0.25, 0.3) is 0 Å². The maximum absolute atomic E-state index is 11.5. The Morgan fingerprint density at radius 2 is 2.00 bits per heavy atom. The van der Waals surface area contributed by atoms with Crippen molar-refractivity contribution in [3.8, 4) is 5.75 Å². The second kappa shape index (κ2) is 13.7. The summed E-state index contributed by atoms with van der Waals surface area (Å²) >= 11 is 0. The molecule has 1 atom stereocenters. The number of guanidine groups is 1. The lowest BCUT2D eigenvalue weighted by Crippen LogP contribution is -2.43. The van der Waals surface area contributed by atoms with E-state index < -0.39 is 0 Å². The van der Waals surface area contributed by atoms with Crippen LogP contribution in [0.15, 0.2) is 29.3 Å². The summed E-state index contributed by atoms with van der Waals surface area (Å²) in [6.45, 7) is 7.96. The van der Waals surface area contributed by atoms with E-state index in [-0.39, 0.29) is 36.0 Å². The lowest BCUT2D eigenvalue weighted by atomic mass is 10.2. The van der Waals surface area contributed by atoms with Gasteiger partial charge >= 0.3 is 0 Å². The van der Waals surface area contributed by atoms with E-state index in [0.717, 1.165) is 18.7 Å². The standard InChI is InChI=1S/C18H30N4O2.HI/c1-5-10-20-17(23)9-11-21-18(19-4)22-13-15(3)24-16-8-6-7-14(2)12-16;/h6-8,12,15H,5,9-11,13H2,1-4H3,(H,20,23)(H2,19,21,22);1H. The fraction of sp³-hybridized carbons (Fsp3) is 0.556. The van der Waals surface area contributed by atoms with Crippen molar-refractivity contribution in [2.24, 2.45) is 4.99 Å². The van der Waals surface area contributed by atoms with Crippen LogP contribution in [0.3, 0.4) is 0 Å². The Hall–Kier alpha value is -1.51. The van der Waals surface area contributed by atoms with E-state index in [9.17, 15) is 4.79 Å². The molecule has 1 rings (SSSR count). The van der Waals surface area contributed by atoms with Gasteiger partial charge in [0.05, 0.1) is 6.54 Å². The largest absolute Gasteiger partial charge is 0.489 e. The quantitative estimate of drug-likeness (QED) is 0.300. The van der Waals surface area contributed by atoms with Gasteiger partial charge in [-0.3, -0.25) is 9.79 Å². The number of rotatable bonds is 9. The number of ether oxygens (including phenoxy) is 1. The molecular weight excluding hydrogens is 431 g/mol. The molecule has 1 amide bonds. The van der Waals surface area contributed by atoms with Gasteiger partial charge in [-0.05, 0) is 38.0 Å². The molecule has 0 radical (unpaired) electrons. The predicted molar refractivity (Wildman–Crippen MR) is 114 cm³/mol. The first-order valence-corrected chi connectivity index (χ1v) is 8.49. The molecule has 0 bridgehead atoms. The minimum absolute atomic E-state index is 0. The lowest BCUT2D eigenvalue weighted by molar-refractivity contribution is -0.120. The van der Waals surface area contributed by atoms with E-state index in [0.29, 0.717) is 25.5 Å². The summed E-state index contributed by atoms with van der Waals surface area (Å²) in [6.07, 6.45) is 1.37. The Morgan fingerprint density at radius 3 is 2.64 bits per heavy atom. The first kappa shape index (κ1) is 23.5. The first-order chi connectivity index (χ1) is 11.5. The van der Waals surface area contributed by atoms with E-state index in [2.05, 4.69) is 20.9 Å². The molecule has 1 aromatic carbocycles. The zero-order valence-electron chi connectivity index (χ0n) is 15.6. The van der Waals surface area contributed by atoms with Crippen LogP contribution in [-0.4, -0.2) is 44.7 Å². The normalized spacial score (nSPS) is 11.9. The number of aliphatic imine (C=N–C) groups is 1. The topological polar surface area (TPSA) is 74.8 Å². The molecular formula is C18H31IN4O2. The second-order valence-corrected chi connectivity index (χ2v) is 5.72. The van der Waals surface area contributed by atoms with Crippen LogP contribution >= 0.6 is 24.0 Å². The summed E-state index contributed by atoms with van der Waals surface area (Å²) in [5.74, 6) is 1.58. The van der Waals surface area contributed by atoms with Crippen molar-refractivity contribution in [2.45, 2.75) is 39.7 Å². The van der Waals surface area contributed by atoms with Gasteiger partial charge in [-0.15, -0.1) is 24.0 Å². The van der Waals surface area contributed by atoms with Crippen LogP contribution in [0.5, 0.6) is 5.75 Å². The molecule has 142 valence electrons. The van der Waals surface area contributed by atoms with Crippen LogP contribution in [0.2, 0.25) is 0 Å². The molecule has 0 aliphatic carbocycles. The predicted octanol–water partition coefficient (Wildman–Crippen LogP) is 2.46. The van der Waals surface area contributed by atoms with Crippen LogP contribution in [0.1, 0.15) is 32.3 Å². The Balaban J connectivity index is 0.00000576. The molecule has 0 aliphatic heterocycles. The molecule has 0 spiro atoms. The van der Waals surface area contributed by atoms with E-state index in [4.69, 9.17) is 4.74 Å². The Bertz CT molecular complexity index is 538. The number of nitrogens with one attached hydrogen (secondary N) is 3. The fourth-order valence-corrected chi connectivity index (χ4v) is 2.07. The molecule has 0 aliphatic rings. The van der Waals surface area contributed by atoms with Gasteiger partial charge in [0.2, 0.25) is 5.91 Å². The average Bonchev–Trinajstić information content (AvgIpc) is 2.56. The fourth-order valence-electron chi connectivity index (χ4n) is 2.07. The first-order valence-electron chi connectivity index (χ1n) is 8.49. The zero-order chi connectivity index (χ0) is 17.8. The third kappa shape index (κ3) is 10.9. The SMILES string of the molecule is CCCNC(=O)CCNC(=NC)NCC(C)Oc1cccc(C)c1.I. The number of carbonyl (C=O) groups excluding carboxylic acids is 1. The third-order valence-electron chi connectivity index (χ3n) is 3.32. The molecule has 0 fully saturated rings. The molecule has 0 saturated carbocycles. The zero-order valence-corrected chi connectivity index (χ0v) is 17.9. The number of hydrogen-bond donors (Lipinski definition) is 3. The maximum atomic E-state index is 11.5. The molecule has 0 heterocycles.